The number of hydrogen-bond acceptors (Lipinski definition) is 3. The molecule has 0 unspecified atom stereocenters. The molecule has 136 valence electrons. The van der Waals surface area contributed by atoms with Crippen LogP contribution in [0.1, 0.15) is 27.2 Å². The van der Waals surface area contributed by atoms with Crippen LogP contribution in [0.2, 0.25) is 0 Å². The Morgan fingerprint density at radius 1 is 1.11 bits per heavy atom. The molecule has 0 saturated carbocycles. The van der Waals surface area contributed by atoms with E-state index in [1.807, 2.05) is 6.92 Å². The highest BCUT2D eigenvalue weighted by Crippen LogP contribution is 2.20. The van der Waals surface area contributed by atoms with E-state index in [-0.39, 0.29) is 17.3 Å². The monoisotopic (exact) mass is 363 g/mol. The molecule has 0 atom stereocenters. The number of rotatable bonds is 2. The van der Waals surface area contributed by atoms with Crippen molar-refractivity contribution in [3.8, 4) is 5.69 Å². The number of pyridine rings is 2. The van der Waals surface area contributed by atoms with E-state index in [0.717, 1.165) is 16.8 Å². The molecule has 1 aliphatic heterocycles. The van der Waals surface area contributed by atoms with Gasteiger partial charge in [0.2, 0.25) is 0 Å². The summed E-state index contributed by atoms with van der Waals surface area (Å²) in [7, 11) is 0. The van der Waals surface area contributed by atoms with Crippen molar-refractivity contribution >= 4 is 5.91 Å². The lowest BCUT2D eigenvalue weighted by molar-refractivity contribution is 0.0734. The van der Waals surface area contributed by atoms with Gasteiger partial charge in [-0.3, -0.25) is 19.1 Å². The summed E-state index contributed by atoms with van der Waals surface area (Å²) in [5.41, 5.74) is 3.71. The van der Waals surface area contributed by atoms with Crippen molar-refractivity contribution in [1.29, 1.82) is 0 Å². The van der Waals surface area contributed by atoms with E-state index in [4.69, 9.17) is 0 Å². The summed E-state index contributed by atoms with van der Waals surface area (Å²) >= 11 is 0. The molecule has 1 amide bonds. The molecule has 0 aliphatic carbocycles. The lowest BCUT2D eigenvalue weighted by atomic mass is 10.0. The Kier molecular flexibility index (Phi) is 4.32. The van der Waals surface area contributed by atoms with Crippen LogP contribution in [-0.2, 0) is 13.0 Å². The van der Waals surface area contributed by atoms with Gasteiger partial charge >= 0.3 is 0 Å². The van der Waals surface area contributed by atoms with Crippen molar-refractivity contribution in [3.63, 3.8) is 0 Å². The second-order valence-corrected chi connectivity index (χ2v) is 6.67. The van der Waals surface area contributed by atoms with E-state index in [1.54, 1.807) is 47.6 Å². The van der Waals surface area contributed by atoms with Gasteiger partial charge in [0.1, 0.15) is 5.82 Å². The highest BCUT2D eigenvalue weighted by atomic mass is 19.1. The standard InChI is InChI=1S/C21H18FN3O2/c1-14-10-16(6-8-23-14)21(27)24-9-7-15-11-20(26)25(13-17(15)12-24)19-4-2-18(22)3-5-19/h2-6,8,10-11,13H,7,9,12H2,1H3. The van der Waals surface area contributed by atoms with E-state index in [0.29, 0.717) is 30.8 Å². The Morgan fingerprint density at radius 2 is 1.89 bits per heavy atom. The quantitative estimate of drug-likeness (QED) is 0.704. The molecule has 2 aromatic heterocycles. The number of nitrogens with zero attached hydrogens (tertiary/aromatic N) is 3. The molecule has 27 heavy (non-hydrogen) atoms. The van der Waals surface area contributed by atoms with Crippen molar-refractivity contribution < 1.29 is 9.18 Å². The summed E-state index contributed by atoms with van der Waals surface area (Å²) in [6.45, 7) is 2.84. The molecule has 1 aliphatic rings. The molecule has 4 rings (SSSR count). The summed E-state index contributed by atoms with van der Waals surface area (Å²) in [4.78, 5) is 31.1. The predicted octanol–water partition coefficient (Wildman–Crippen LogP) is 2.88. The van der Waals surface area contributed by atoms with Crippen LogP contribution in [0.15, 0.2) is 59.7 Å². The average molecular weight is 363 g/mol. The molecule has 0 fully saturated rings. The van der Waals surface area contributed by atoms with Gasteiger partial charge < -0.3 is 4.90 Å². The van der Waals surface area contributed by atoms with Gasteiger partial charge in [-0.15, -0.1) is 0 Å². The normalized spacial score (nSPS) is 13.3. The van der Waals surface area contributed by atoms with Crippen LogP contribution in [0.4, 0.5) is 4.39 Å². The van der Waals surface area contributed by atoms with Crippen LogP contribution in [0.3, 0.4) is 0 Å². The summed E-state index contributed by atoms with van der Waals surface area (Å²) in [5, 5.41) is 0. The average Bonchev–Trinajstić information content (AvgIpc) is 2.67. The van der Waals surface area contributed by atoms with Gasteiger partial charge in [-0.05, 0) is 60.9 Å². The minimum atomic E-state index is -0.353. The van der Waals surface area contributed by atoms with E-state index in [1.165, 1.54) is 16.7 Å². The Bertz CT molecular complexity index is 1070. The molecular weight excluding hydrogens is 345 g/mol. The van der Waals surface area contributed by atoms with Crippen molar-refractivity contribution in [2.75, 3.05) is 6.54 Å². The fourth-order valence-corrected chi connectivity index (χ4v) is 3.37. The fourth-order valence-electron chi connectivity index (χ4n) is 3.37. The molecule has 0 spiro atoms. The Balaban J connectivity index is 1.65. The van der Waals surface area contributed by atoms with Crippen molar-refractivity contribution in [3.05, 3.63) is 93.4 Å². The number of aryl methyl sites for hydroxylation is 1. The molecule has 0 N–H and O–H groups in total. The molecule has 5 nitrogen and oxygen atoms in total. The molecular formula is C21H18FN3O2. The van der Waals surface area contributed by atoms with Gasteiger partial charge in [0.05, 0.1) is 0 Å². The summed E-state index contributed by atoms with van der Waals surface area (Å²) < 4.78 is 14.7. The van der Waals surface area contributed by atoms with Crippen LogP contribution in [0.25, 0.3) is 5.69 Å². The van der Waals surface area contributed by atoms with Crippen molar-refractivity contribution in [2.45, 2.75) is 19.9 Å². The van der Waals surface area contributed by atoms with Gasteiger partial charge in [0, 0.05) is 48.5 Å². The van der Waals surface area contributed by atoms with Gasteiger partial charge in [0.15, 0.2) is 0 Å². The fraction of sp³-hybridized carbons (Fsp3) is 0.190. The number of fused-ring (bicyclic) bond motifs is 1. The number of carbonyl (C=O) groups is 1. The SMILES string of the molecule is Cc1cc(C(=O)N2CCc3cc(=O)n(-c4ccc(F)cc4)cc3C2)ccn1. The molecule has 0 radical (unpaired) electrons. The topological polar surface area (TPSA) is 55.2 Å². The third kappa shape index (κ3) is 3.38. The second-order valence-electron chi connectivity index (χ2n) is 6.67. The smallest absolute Gasteiger partial charge is 0.255 e. The third-order valence-corrected chi connectivity index (χ3v) is 4.78. The highest BCUT2D eigenvalue weighted by molar-refractivity contribution is 5.94. The maximum atomic E-state index is 13.2. The minimum absolute atomic E-state index is 0.0503. The molecule has 0 bridgehead atoms. The summed E-state index contributed by atoms with van der Waals surface area (Å²) in [6.07, 6.45) is 4.01. The summed E-state index contributed by atoms with van der Waals surface area (Å²) in [6, 6.07) is 10.9. The first-order valence-electron chi connectivity index (χ1n) is 8.73. The molecule has 0 saturated heterocycles. The Hall–Kier alpha value is -3.28. The second kappa shape index (κ2) is 6.79. The van der Waals surface area contributed by atoms with E-state index < -0.39 is 0 Å². The molecule has 1 aromatic carbocycles. The first-order chi connectivity index (χ1) is 13.0. The van der Waals surface area contributed by atoms with Crippen LogP contribution < -0.4 is 5.56 Å². The summed E-state index contributed by atoms with van der Waals surface area (Å²) in [5.74, 6) is -0.403. The number of benzene rings is 1. The van der Waals surface area contributed by atoms with Gasteiger partial charge in [-0.25, -0.2) is 4.39 Å². The van der Waals surface area contributed by atoms with Gasteiger partial charge in [-0.1, -0.05) is 0 Å². The minimum Gasteiger partial charge on any atom is -0.334 e. The van der Waals surface area contributed by atoms with Crippen LogP contribution >= 0.6 is 0 Å². The zero-order chi connectivity index (χ0) is 19.0. The molecule has 3 heterocycles. The zero-order valence-corrected chi connectivity index (χ0v) is 14.9. The number of aromatic nitrogens is 2. The molecule has 6 heteroatoms. The zero-order valence-electron chi connectivity index (χ0n) is 14.9. The number of carbonyl (C=O) groups excluding carboxylic acids is 1. The third-order valence-electron chi connectivity index (χ3n) is 4.78. The maximum absolute atomic E-state index is 13.2. The van der Waals surface area contributed by atoms with E-state index >= 15 is 0 Å². The van der Waals surface area contributed by atoms with Crippen LogP contribution in [0.5, 0.6) is 0 Å². The Morgan fingerprint density at radius 3 is 2.63 bits per heavy atom. The number of hydrogen-bond donors (Lipinski definition) is 0. The van der Waals surface area contributed by atoms with Crippen molar-refractivity contribution in [1.82, 2.24) is 14.5 Å². The lowest BCUT2D eigenvalue weighted by Gasteiger charge is -2.29. The van der Waals surface area contributed by atoms with E-state index in [9.17, 15) is 14.0 Å². The van der Waals surface area contributed by atoms with Gasteiger partial charge in [0.25, 0.3) is 11.5 Å². The van der Waals surface area contributed by atoms with E-state index in [2.05, 4.69) is 4.98 Å². The highest BCUT2D eigenvalue weighted by Gasteiger charge is 2.23. The maximum Gasteiger partial charge on any atom is 0.255 e. The first-order valence-corrected chi connectivity index (χ1v) is 8.73. The largest absolute Gasteiger partial charge is 0.334 e. The Labute approximate surface area is 155 Å². The molecule has 3 aromatic rings. The lowest BCUT2D eigenvalue weighted by Crippen LogP contribution is -2.37. The predicted molar refractivity (Wildman–Crippen MR) is 99.4 cm³/mol. The van der Waals surface area contributed by atoms with Gasteiger partial charge in [-0.2, -0.15) is 0 Å². The number of halogens is 1. The van der Waals surface area contributed by atoms with Crippen molar-refractivity contribution in [2.24, 2.45) is 0 Å². The van der Waals surface area contributed by atoms with Crippen LogP contribution in [0, 0.1) is 12.7 Å². The first kappa shape index (κ1) is 17.1. The van der Waals surface area contributed by atoms with Crippen LogP contribution in [-0.4, -0.2) is 26.9 Å². The number of amides is 1.